The summed E-state index contributed by atoms with van der Waals surface area (Å²) in [6.07, 6.45) is 11.4. The van der Waals surface area contributed by atoms with E-state index in [4.69, 9.17) is 0 Å². The normalized spacial score (nSPS) is 11.3. The van der Waals surface area contributed by atoms with E-state index in [0.29, 0.717) is 6.54 Å². The number of hydrogen-bond donors (Lipinski definition) is 1. The molecule has 23 heavy (non-hydrogen) atoms. The molecule has 0 aliphatic carbocycles. The molecule has 0 aromatic carbocycles. The van der Waals surface area contributed by atoms with Crippen LogP contribution < -0.4 is 5.32 Å². The minimum absolute atomic E-state index is 0.649. The SMILES string of the molecule is CCCC/C=C/c1cnc2ccc(NCc3ccccn3)nn12. The molecule has 0 radical (unpaired) electrons. The second kappa shape index (κ2) is 7.54. The molecule has 1 N–H and O–H groups in total. The number of allylic oxidation sites excluding steroid dienone is 1. The van der Waals surface area contributed by atoms with Crippen molar-refractivity contribution in [1.82, 2.24) is 19.6 Å². The summed E-state index contributed by atoms with van der Waals surface area (Å²) in [5.41, 5.74) is 2.83. The molecule has 0 saturated heterocycles. The number of rotatable bonds is 7. The monoisotopic (exact) mass is 307 g/mol. The number of imidazole rings is 1. The third-order valence-corrected chi connectivity index (χ3v) is 3.58. The van der Waals surface area contributed by atoms with E-state index in [9.17, 15) is 0 Å². The lowest BCUT2D eigenvalue weighted by atomic mass is 10.2. The molecule has 0 spiro atoms. The second-order valence-corrected chi connectivity index (χ2v) is 5.39. The maximum atomic E-state index is 4.61. The fraction of sp³-hybridized carbons (Fsp3) is 0.278. The van der Waals surface area contributed by atoms with Crippen LogP contribution in [0.3, 0.4) is 0 Å². The van der Waals surface area contributed by atoms with E-state index in [1.54, 1.807) is 6.20 Å². The van der Waals surface area contributed by atoms with Crippen molar-refractivity contribution in [3.05, 3.63) is 60.2 Å². The Morgan fingerprint density at radius 3 is 2.96 bits per heavy atom. The number of hydrogen-bond acceptors (Lipinski definition) is 4. The Labute approximate surface area is 136 Å². The van der Waals surface area contributed by atoms with Crippen molar-refractivity contribution in [2.45, 2.75) is 32.7 Å². The van der Waals surface area contributed by atoms with Gasteiger partial charge in [-0.1, -0.05) is 31.9 Å². The first-order valence-corrected chi connectivity index (χ1v) is 8.02. The minimum Gasteiger partial charge on any atom is -0.363 e. The van der Waals surface area contributed by atoms with Crippen molar-refractivity contribution in [3.8, 4) is 0 Å². The van der Waals surface area contributed by atoms with Crippen LogP contribution in [-0.2, 0) is 6.54 Å². The molecule has 0 fully saturated rings. The molecule has 5 nitrogen and oxygen atoms in total. The van der Waals surface area contributed by atoms with Crippen LogP contribution in [0.25, 0.3) is 11.7 Å². The average Bonchev–Trinajstić information content (AvgIpc) is 3.00. The predicted molar refractivity (Wildman–Crippen MR) is 93.1 cm³/mol. The fourth-order valence-electron chi connectivity index (χ4n) is 2.31. The van der Waals surface area contributed by atoms with E-state index in [0.717, 1.165) is 29.3 Å². The van der Waals surface area contributed by atoms with Gasteiger partial charge in [-0.2, -0.15) is 0 Å². The molecule has 0 unspecified atom stereocenters. The number of nitrogens with zero attached hydrogens (tertiary/aromatic N) is 4. The van der Waals surface area contributed by atoms with Crippen LogP contribution in [0.2, 0.25) is 0 Å². The quantitative estimate of drug-likeness (QED) is 0.672. The summed E-state index contributed by atoms with van der Waals surface area (Å²) < 4.78 is 1.86. The van der Waals surface area contributed by atoms with Crippen molar-refractivity contribution >= 4 is 17.5 Å². The van der Waals surface area contributed by atoms with E-state index in [1.807, 2.05) is 41.0 Å². The molecule has 0 amide bonds. The van der Waals surface area contributed by atoms with E-state index in [2.05, 4.69) is 39.5 Å². The summed E-state index contributed by atoms with van der Waals surface area (Å²) in [7, 11) is 0. The van der Waals surface area contributed by atoms with Gasteiger partial charge in [0.1, 0.15) is 5.82 Å². The minimum atomic E-state index is 0.649. The smallest absolute Gasteiger partial charge is 0.154 e. The number of nitrogens with one attached hydrogen (secondary N) is 1. The molecule has 118 valence electrons. The maximum absolute atomic E-state index is 4.61. The van der Waals surface area contributed by atoms with Crippen LogP contribution in [0.5, 0.6) is 0 Å². The first-order valence-electron chi connectivity index (χ1n) is 8.02. The van der Waals surface area contributed by atoms with Gasteiger partial charge in [-0.25, -0.2) is 9.50 Å². The topological polar surface area (TPSA) is 55.1 Å². The molecule has 0 saturated carbocycles. The molecule has 5 heteroatoms. The summed E-state index contributed by atoms with van der Waals surface area (Å²) in [5, 5.41) is 7.91. The molecule has 0 aliphatic rings. The van der Waals surface area contributed by atoms with Crippen LogP contribution in [0.4, 0.5) is 5.82 Å². The Kier molecular flexibility index (Phi) is 4.99. The molecule has 3 aromatic heterocycles. The Balaban J connectivity index is 1.73. The Morgan fingerprint density at radius 2 is 2.13 bits per heavy atom. The van der Waals surface area contributed by atoms with Crippen molar-refractivity contribution in [1.29, 1.82) is 0 Å². The average molecular weight is 307 g/mol. The molecule has 3 heterocycles. The summed E-state index contributed by atoms with van der Waals surface area (Å²) in [6.45, 7) is 2.85. The zero-order chi connectivity index (χ0) is 15.9. The first kappa shape index (κ1) is 15.2. The zero-order valence-electron chi connectivity index (χ0n) is 13.3. The first-order chi connectivity index (χ1) is 11.4. The lowest BCUT2D eigenvalue weighted by molar-refractivity contribution is 0.816. The molecule has 3 aromatic rings. The number of aromatic nitrogens is 4. The van der Waals surface area contributed by atoms with Gasteiger partial charge in [0.05, 0.1) is 24.1 Å². The van der Waals surface area contributed by atoms with Gasteiger partial charge in [0.2, 0.25) is 0 Å². The number of pyridine rings is 1. The van der Waals surface area contributed by atoms with E-state index in [1.165, 1.54) is 12.8 Å². The Bertz CT molecular complexity index is 776. The van der Waals surface area contributed by atoms with Gasteiger partial charge in [0, 0.05) is 6.20 Å². The third-order valence-electron chi connectivity index (χ3n) is 3.58. The largest absolute Gasteiger partial charge is 0.363 e. The van der Waals surface area contributed by atoms with Crippen molar-refractivity contribution in [3.63, 3.8) is 0 Å². The molecule has 0 bridgehead atoms. The highest BCUT2D eigenvalue weighted by molar-refractivity contribution is 5.53. The van der Waals surface area contributed by atoms with E-state index in [-0.39, 0.29) is 0 Å². The van der Waals surface area contributed by atoms with Crippen molar-refractivity contribution < 1.29 is 0 Å². The summed E-state index contributed by atoms with van der Waals surface area (Å²) in [5.74, 6) is 0.810. The molecule has 0 aliphatic heterocycles. The van der Waals surface area contributed by atoms with Crippen LogP contribution in [0, 0.1) is 0 Å². The van der Waals surface area contributed by atoms with Crippen LogP contribution >= 0.6 is 0 Å². The number of unbranched alkanes of at least 4 members (excludes halogenated alkanes) is 2. The predicted octanol–water partition coefficient (Wildman–Crippen LogP) is 3.94. The Hall–Kier alpha value is -2.69. The van der Waals surface area contributed by atoms with Crippen molar-refractivity contribution in [2.75, 3.05) is 5.32 Å². The maximum Gasteiger partial charge on any atom is 0.154 e. The van der Waals surface area contributed by atoms with Gasteiger partial charge in [-0.05, 0) is 36.8 Å². The zero-order valence-corrected chi connectivity index (χ0v) is 13.3. The summed E-state index contributed by atoms with van der Waals surface area (Å²) in [4.78, 5) is 8.69. The highest BCUT2D eigenvalue weighted by Gasteiger charge is 2.03. The number of fused-ring (bicyclic) bond motifs is 1. The standard InChI is InChI=1S/C18H21N5/c1-2-3-4-5-9-16-14-21-18-11-10-17(22-23(16)18)20-13-15-8-6-7-12-19-15/h5-12,14H,2-4,13H2,1H3,(H,20,22)/b9-5+. The van der Waals surface area contributed by atoms with E-state index >= 15 is 0 Å². The molecule has 0 atom stereocenters. The van der Waals surface area contributed by atoms with Crippen LogP contribution in [0.1, 0.15) is 37.6 Å². The fourth-order valence-corrected chi connectivity index (χ4v) is 2.31. The van der Waals surface area contributed by atoms with Gasteiger partial charge < -0.3 is 5.32 Å². The highest BCUT2D eigenvalue weighted by atomic mass is 15.3. The van der Waals surface area contributed by atoms with Crippen LogP contribution in [0.15, 0.2) is 48.8 Å². The van der Waals surface area contributed by atoms with Crippen molar-refractivity contribution in [2.24, 2.45) is 0 Å². The van der Waals surface area contributed by atoms with Gasteiger partial charge >= 0.3 is 0 Å². The van der Waals surface area contributed by atoms with Crippen LogP contribution in [-0.4, -0.2) is 19.6 Å². The lowest BCUT2D eigenvalue weighted by Gasteiger charge is -2.05. The Morgan fingerprint density at radius 1 is 1.17 bits per heavy atom. The van der Waals surface area contributed by atoms with Gasteiger partial charge in [0.15, 0.2) is 5.65 Å². The third kappa shape index (κ3) is 3.94. The number of anilines is 1. The molecular weight excluding hydrogens is 286 g/mol. The second-order valence-electron chi connectivity index (χ2n) is 5.39. The van der Waals surface area contributed by atoms with E-state index < -0.39 is 0 Å². The highest BCUT2D eigenvalue weighted by Crippen LogP contribution is 2.12. The summed E-state index contributed by atoms with van der Waals surface area (Å²) >= 11 is 0. The summed E-state index contributed by atoms with van der Waals surface area (Å²) in [6, 6.07) is 9.80. The van der Waals surface area contributed by atoms with Gasteiger partial charge in [0.25, 0.3) is 0 Å². The molecule has 3 rings (SSSR count). The molecular formula is C18H21N5. The lowest BCUT2D eigenvalue weighted by Crippen LogP contribution is -2.05. The van der Waals surface area contributed by atoms with Gasteiger partial charge in [-0.3, -0.25) is 4.98 Å². The van der Waals surface area contributed by atoms with Gasteiger partial charge in [-0.15, -0.1) is 5.10 Å².